The van der Waals surface area contributed by atoms with E-state index in [4.69, 9.17) is 17.3 Å². The predicted molar refractivity (Wildman–Crippen MR) is 150 cm³/mol. The number of carbonyl (C=O) groups is 3. The summed E-state index contributed by atoms with van der Waals surface area (Å²) in [5.74, 6) is -1.62. The Hall–Kier alpha value is -3.54. The van der Waals surface area contributed by atoms with Gasteiger partial charge in [0.05, 0.1) is 17.5 Å². The van der Waals surface area contributed by atoms with Crippen LogP contribution in [0.3, 0.4) is 0 Å². The molecule has 0 saturated carbocycles. The molecule has 12 heteroatoms. The molecular formula is C28H30ClN5O5S. The average molecular weight is 584 g/mol. The van der Waals surface area contributed by atoms with E-state index in [9.17, 15) is 22.8 Å². The predicted octanol–water partition coefficient (Wildman–Crippen LogP) is 2.72. The standard InChI is InChI=1S/C28H30ClN5O5S/c1-18(27(36)33-13-2-3-24(33)19-8-11-31-12-9-19)32-14-10-25(28(32)37)34(17-26(30)35)40(38,39)23-7-5-20-15-22(29)6-4-21(20)16-23/h4-9,11-12,15-16,18,24-25H,2-3,10,13-14,17H2,1H3,(H2,30,35)/t18?,24?,25-/m0/s1. The number of rotatable bonds is 8. The fraction of sp³-hybridized carbons (Fsp3) is 0.357. The number of nitrogens with two attached hydrogens (primary N) is 1. The van der Waals surface area contributed by atoms with Gasteiger partial charge < -0.3 is 15.5 Å². The van der Waals surface area contributed by atoms with Crippen LogP contribution in [0.25, 0.3) is 10.8 Å². The second-order valence-electron chi connectivity index (χ2n) is 10.2. The summed E-state index contributed by atoms with van der Waals surface area (Å²) in [6.45, 7) is 1.73. The minimum atomic E-state index is -4.29. The normalized spacial score (nSPS) is 20.4. The van der Waals surface area contributed by atoms with Crippen LogP contribution in [0.15, 0.2) is 65.8 Å². The molecule has 10 nitrogen and oxygen atoms in total. The monoisotopic (exact) mass is 583 g/mol. The number of pyridine rings is 1. The van der Waals surface area contributed by atoms with Crippen molar-refractivity contribution >= 4 is 50.1 Å². The molecule has 2 saturated heterocycles. The number of likely N-dealkylation sites (tertiary alicyclic amines) is 2. The molecule has 3 aromatic rings. The van der Waals surface area contributed by atoms with Crippen molar-refractivity contribution in [3.05, 3.63) is 71.5 Å². The van der Waals surface area contributed by atoms with Gasteiger partial charge in [0.15, 0.2) is 0 Å². The Morgan fingerprint density at radius 2 is 1.77 bits per heavy atom. The van der Waals surface area contributed by atoms with Crippen molar-refractivity contribution in [2.24, 2.45) is 5.73 Å². The van der Waals surface area contributed by atoms with E-state index in [1.165, 1.54) is 17.0 Å². The lowest BCUT2D eigenvalue weighted by Gasteiger charge is -2.32. The van der Waals surface area contributed by atoms with E-state index >= 15 is 0 Å². The van der Waals surface area contributed by atoms with Gasteiger partial charge in [0, 0.05) is 30.5 Å². The van der Waals surface area contributed by atoms with E-state index in [0.29, 0.717) is 17.0 Å². The summed E-state index contributed by atoms with van der Waals surface area (Å²) in [4.78, 5) is 46.4. The first-order valence-corrected chi connectivity index (χ1v) is 14.9. The van der Waals surface area contributed by atoms with Gasteiger partial charge in [0.1, 0.15) is 12.1 Å². The Balaban J connectivity index is 1.39. The van der Waals surface area contributed by atoms with Gasteiger partial charge in [-0.1, -0.05) is 23.7 Å². The van der Waals surface area contributed by atoms with E-state index in [1.807, 2.05) is 12.1 Å². The number of sulfonamides is 1. The lowest BCUT2D eigenvalue weighted by molar-refractivity contribution is -0.144. The smallest absolute Gasteiger partial charge is 0.245 e. The molecule has 0 aliphatic carbocycles. The summed E-state index contributed by atoms with van der Waals surface area (Å²) < 4.78 is 28.4. The Kier molecular flexibility index (Phi) is 7.80. The fourth-order valence-corrected chi connectivity index (χ4v) is 7.48. The first-order valence-electron chi connectivity index (χ1n) is 13.1. The van der Waals surface area contributed by atoms with Gasteiger partial charge in [-0.05, 0) is 78.9 Å². The van der Waals surface area contributed by atoms with Gasteiger partial charge in [-0.15, -0.1) is 0 Å². The maximum atomic E-state index is 13.8. The number of nitrogens with zero attached hydrogens (tertiary/aromatic N) is 4. The number of hydrogen-bond acceptors (Lipinski definition) is 6. The molecule has 0 bridgehead atoms. The minimum Gasteiger partial charge on any atom is -0.369 e. The van der Waals surface area contributed by atoms with Crippen molar-refractivity contribution < 1.29 is 22.8 Å². The number of aromatic nitrogens is 1. The van der Waals surface area contributed by atoms with Crippen LogP contribution in [0.4, 0.5) is 0 Å². The van der Waals surface area contributed by atoms with Gasteiger partial charge in [-0.2, -0.15) is 4.31 Å². The zero-order valence-corrected chi connectivity index (χ0v) is 23.5. The number of amides is 3. The van der Waals surface area contributed by atoms with Crippen LogP contribution in [-0.2, 0) is 24.4 Å². The van der Waals surface area contributed by atoms with Crippen LogP contribution in [0.5, 0.6) is 0 Å². The Bertz CT molecular complexity index is 1570. The first-order chi connectivity index (χ1) is 19.1. The van der Waals surface area contributed by atoms with Gasteiger partial charge in [0.2, 0.25) is 27.7 Å². The van der Waals surface area contributed by atoms with E-state index in [-0.39, 0.29) is 29.8 Å². The lowest BCUT2D eigenvalue weighted by Crippen LogP contribution is -2.52. The van der Waals surface area contributed by atoms with Crippen molar-refractivity contribution in [3.8, 4) is 0 Å². The zero-order valence-electron chi connectivity index (χ0n) is 21.9. The maximum absolute atomic E-state index is 13.8. The van der Waals surface area contributed by atoms with Crippen molar-refractivity contribution in [3.63, 3.8) is 0 Å². The van der Waals surface area contributed by atoms with E-state index in [2.05, 4.69) is 4.98 Å². The minimum absolute atomic E-state index is 0.0730. The molecule has 0 radical (unpaired) electrons. The van der Waals surface area contributed by atoms with Crippen LogP contribution in [-0.4, -0.2) is 76.9 Å². The third-order valence-corrected chi connectivity index (χ3v) is 9.79. The van der Waals surface area contributed by atoms with Crippen LogP contribution in [0.2, 0.25) is 5.02 Å². The molecule has 2 aromatic carbocycles. The summed E-state index contributed by atoms with van der Waals surface area (Å²) in [5, 5.41) is 1.90. The molecule has 3 amide bonds. The molecule has 2 unspecified atom stereocenters. The lowest BCUT2D eigenvalue weighted by atomic mass is 10.1. The molecular weight excluding hydrogens is 554 g/mol. The molecule has 3 heterocycles. The Morgan fingerprint density at radius 3 is 2.50 bits per heavy atom. The molecule has 2 fully saturated rings. The molecule has 40 heavy (non-hydrogen) atoms. The molecule has 2 aliphatic rings. The summed E-state index contributed by atoms with van der Waals surface area (Å²) in [6.07, 6.45) is 5.14. The molecule has 210 valence electrons. The third kappa shape index (κ3) is 5.28. The molecule has 0 spiro atoms. The van der Waals surface area contributed by atoms with Crippen molar-refractivity contribution in [1.82, 2.24) is 19.1 Å². The molecule has 5 rings (SSSR count). The quantitative estimate of drug-likeness (QED) is 0.433. The van der Waals surface area contributed by atoms with Crippen molar-refractivity contribution in [2.75, 3.05) is 19.6 Å². The number of carbonyl (C=O) groups excluding carboxylic acids is 3. The molecule has 3 atom stereocenters. The molecule has 2 N–H and O–H groups in total. The zero-order chi connectivity index (χ0) is 28.6. The fourth-order valence-electron chi connectivity index (χ4n) is 5.68. The molecule has 1 aromatic heterocycles. The van der Waals surface area contributed by atoms with Crippen LogP contribution >= 0.6 is 11.6 Å². The number of fused-ring (bicyclic) bond motifs is 1. The van der Waals surface area contributed by atoms with E-state index in [0.717, 1.165) is 28.1 Å². The van der Waals surface area contributed by atoms with Gasteiger partial charge in [0.25, 0.3) is 0 Å². The SMILES string of the molecule is CC(C(=O)N1CCCC1c1ccncc1)N1CC[C@H](N(CC(N)=O)S(=O)(=O)c2ccc3cc(Cl)ccc3c2)C1=O. The highest BCUT2D eigenvalue weighted by Gasteiger charge is 2.46. The number of benzene rings is 2. The number of primary amides is 1. The highest BCUT2D eigenvalue weighted by molar-refractivity contribution is 7.89. The highest BCUT2D eigenvalue weighted by atomic mass is 35.5. The Labute approximate surface area is 237 Å². The maximum Gasteiger partial charge on any atom is 0.245 e. The van der Waals surface area contributed by atoms with Crippen molar-refractivity contribution in [1.29, 1.82) is 0 Å². The largest absolute Gasteiger partial charge is 0.369 e. The van der Waals surface area contributed by atoms with Gasteiger partial charge in [-0.25, -0.2) is 8.42 Å². The second-order valence-corrected chi connectivity index (χ2v) is 12.5. The summed E-state index contributed by atoms with van der Waals surface area (Å²) in [6, 6.07) is 11.3. The number of hydrogen-bond donors (Lipinski definition) is 1. The molecule has 2 aliphatic heterocycles. The summed E-state index contributed by atoms with van der Waals surface area (Å²) in [7, 11) is -4.29. The van der Waals surface area contributed by atoms with Crippen LogP contribution in [0, 0.1) is 0 Å². The number of halogens is 1. The highest BCUT2D eigenvalue weighted by Crippen LogP contribution is 2.34. The first kappa shape index (κ1) is 28.0. The topological polar surface area (TPSA) is 134 Å². The summed E-state index contributed by atoms with van der Waals surface area (Å²) in [5.41, 5.74) is 6.42. The summed E-state index contributed by atoms with van der Waals surface area (Å²) >= 11 is 6.05. The van der Waals surface area contributed by atoms with Gasteiger partial charge >= 0.3 is 0 Å². The Morgan fingerprint density at radius 1 is 1.07 bits per heavy atom. The van der Waals surface area contributed by atoms with Crippen LogP contribution < -0.4 is 5.73 Å². The average Bonchev–Trinajstić information content (AvgIpc) is 3.58. The van der Waals surface area contributed by atoms with Crippen molar-refractivity contribution in [2.45, 2.75) is 49.2 Å². The third-order valence-electron chi connectivity index (χ3n) is 7.70. The van der Waals surface area contributed by atoms with Gasteiger partial charge in [-0.3, -0.25) is 19.4 Å². The van der Waals surface area contributed by atoms with E-state index in [1.54, 1.807) is 48.5 Å². The van der Waals surface area contributed by atoms with E-state index < -0.39 is 40.5 Å². The second kappa shape index (κ2) is 11.1. The van der Waals surface area contributed by atoms with Crippen LogP contribution in [0.1, 0.15) is 37.8 Å².